The van der Waals surface area contributed by atoms with Crippen molar-refractivity contribution < 1.29 is 14.7 Å². The Kier molecular flexibility index (Phi) is 3.83. The van der Waals surface area contributed by atoms with Crippen molar-refractivity contribution in [1.29, 1.82) is 0 Å². The van der Waals surface area contributed by atoms with Crippen molar-refractivity contribution in [2.45, 2.75) is 0 Å². The second-order valence-electron chi connectivity index (χ2n) is 4.09. The number of carbonyl (C=O) groups is 2. The summed E-state index contributed by atoms with van der Waals surface area (Å²) in [6.45, 7) is 2.26. The summed E-state index contributed by atoms with van der Waals surface area (Å²) >= 11 is 0. The molecule has 7 nitrogen and oxygen atoms in total. The van der Waals surface area contributed by atoms with Gasteiger partial charge in [-0.2, -0.15) is 10.2 Å². The van der Waals surface area contributed by atoms with Crippen molar-refractivity contribution in [2.24, 2.45) is 0 Å². The largest absolute Gasteiger partial charge is 0.480 e. The zero-order valence-corrected chi connectivity index (χ0v) is 9.82. The molecule has 1 amide bonds. The van der Waals surface area contributed by atoms with Crippen LogP contribution < -0.4 is 0 Å². The van der Waals surface area contributed by atoms with Crippen molar-refractivity contribution in [3.05, 3.63) is 24.0 Å². The van der Waals surface area contributed by atoms with Crippen molar-refractivity contribution >= 4 is 11.9 Å². The van der Waals surface area contributed by atoms with Gasteiger partial charge in [0, 0.05) is 26.2 Å². The van der Waals surface area contributed by atoms with Crippen molar-refractivity contribution in [3.63, 3.8) is 0 Å². The average Bonchev–Trinajstić information content (AvgIpc) is 2.39. The van der Waals surface area contributed by atoms with Gasteiger partial charge in [0.1, 0.15) is 0 Å². The molecule has 1 aliphatic heterocycles. The number of carbonyl (C=O) groups excluding carboxylic acids is 1. The summed E-state index contributed by atoms with van der Waals surface area (Å²) in [5.74, 6) is -0.923. The average molecular weight is 250 g/mol. The van der Waals surface area contributed by atoms with Crippen LogP contribution in [0, 0.1) is 0 Å². The Labute approximate surface area is 104 Å². The third kappa shape index (κ3) is 3.01. The fraction of sp³-hybridized carbons (Fsp3) is 0.455. The maximum absolute atomic E-state index is 12.1. The second-order valence-corrected chi connectivity index (χ2v) is 4.09. The van der Waals surface area contributed by atoms with E-state index in [1.807, 2.05) is 4.90 Å². The molecule has 18 heavy (non-hydrogen) atoms. The Morgan fingerprint density at radius 3 is 2.50 bits per heavy atom. The van der Waals surface area contributed by atoms with Gasteiger partial charge < -0.3 is 10.0 Å². The number of hydrogen-bond donors (Lipinski definition) is 1. The monoisotopic (exact) mass is 250 g/mol. The lowest BCUT2D eigenvalue weighted by molar-refractivity contribution is -0.138. The molecule has 0 aromatic carbocycles. The van der Waals surface area contributed by atoms with E-state index in [4.69, 9.17) is 5.11 Å². The predicted octanol–water partition coefficient (Wildman–Crippen LogP) is -0.681. The lowest BCUT2D eigenvalue weighted by atomic mass is 10.2. The number of hydrogen-bond acceptors (Lipinski definition) is 5. The minimum atomic E-state index is -0.840. The molecule has 0 atom stereocenters. The fourth-order valence-electron chi connectivity index (χ4n) is 1.90. The van der Waals surface area contributed by atoms with Crippen LogP contribution in [0.2, 0.25) is 0 Å². The summed E-state index contributed by atoms with van der Waals surface area (Å²) in [5, 5.41) is 16.0. The maximum Gasteiger partial charge on any atom is 0.317 e. The topological polar surface area (TPSA) is 86.6 Å². The van der Waals surface area contributed by atoms with Gasteiger partial charge in [0.15, 0.2) is 0 Å². The lowest BCUT2D eigenvalue weighted by Crippen LogP contribution is -2.49. The smallest absolute Gasteiger partial charge is 0.317 e. The van der Waals surface area contributed by atoms with Crippen molar-refractivity contribution in [3.8, 4) is 0 Å². The molecule has 7 heteroatoms. The summed E-state index contributed by atoms with van der Waals surface area (Å²) in [4.78, 5) is 26.1. The van der Waals surface area contributed by atoms with Crippen LogP contribution in [0.5, 0.6) is 0 Å². The van der Waals surface area contributed by atoms with Crippen LogP contribution in [0.4, 0.5) is 0 Å². The number of carboxylic acids is 1. The van der Waals surface area contributed by atoms with Crippen LogP contribution in [-0.4, -0.2) is 69.7 Å². The van der Waals surface area contributed by atoms with Crippen LogP contribution >= 0.6 is 0 Å². The van der Waals surface area contributed by atoms with E-state index in [0.717, 1.165) is 0 Å². The molecule has 0 saturated carbocycles. The Morgan fingerprint density at radius 2 is 1.94 bits per heavy atom. The van der Waals surface area contributed by atoms with Crippen molar-refractivity contribution in [1.82, 2.24) is 20.0 Å². The fourth-order valence-corrected chi connectivity index (χ4v) is 1.90. The third-order valence-electron chi connectivity index (χ3n) is 2.85. The van der Waals surface area contributed by atoms with Gasteiger partial charge in [-0.15, -0.1) is 0 Å². The van der Waals surface area contributed by atoms with E-state index in [0.29, 0.717) is 31.7 Å². The van der Waals surface area contributed by atoms with Crippen LogP contribution in [0.1, 0.15) is 10.4 Å². The SMILES string of the molecule is O=C(O)CN1CCN(C(=O)c2ccnnc2)CC1. The highest BCUT2D eigenvalue weighted by atomic mass is 16.4. The Bertz CT molecular complexity index is 429. The first-order valence-electron chi connectivity index (χ1n) is 5.67. The van der Waals surface area contributed by atoms with Crippen LogP contribution in [-0.2, 0) is 4.79 Å². The quantitative estimate of drug-likeness (QED) is 0.764. The molecule has 0 bridgehead atoms. The highest BCUT2D eigenvalue weighted by molar-refractivity contribution is 5.93. The third-order valence-corrected chi connectivity index (χ3v) is 2.85. The number of aliphatic carboxylic acids is 1. The Morgan fingerprint density at radius 1 is 1.22 bits per heavy atom. The minimum Gasteiger partial charge on any atom is -0.480 e. The number of aromatic nitrogens is 2. The number of nitrogens with zero attached hydrogens (tertiary/aromatic N) is 4. The minimum absolute atomic E-state index is 0.0266. The molecule has 1 N–H and O–H groups in total. The van der Waals surface area contributed by atoms with Gasteiger partial charge in [-0.1, -0.05) is 0 Å². The van der Waals surface area contributed by atoms with Crippen LogP contribution in [0.3, 0.4) is 0 Å². The molecular weight excluding hydrogens is 236 g/mol. The number of rotatable bonds is 3. The predicted molar refractivity (Wildman–Crippen MR) is 62.0 cm³/mol. The lowest BCUT2D eigenvalue weighted by Gasteiger charge is -2.33. The van der Waals surface area contributed by atoms with Crippen LogP contribution in [0.15, 0.2) is 18.5 Å². The molecule has 2 rings (SSSR count). The van der Waals surface area contributed by atoms with Gasteiger partial charge in [-0.3, -0.25) is 14.5 Å². The first-order valence-corrected chi connectivity index (χ1v) is 5.67. The highest BCUT2D eigenvalue weighted by Gasteiger charge is 2.23. The summed E-state index contributed by atoms with van der Waals surface area (Å²) < 4.78 is 0. The highest BCUT2D eigenvalue weighted by Crippen LogP contribution is 2.07. The van der Waals surface area contributed by atoms with E-state index in [9.17, 15) is 9.59 Å². The normalized spacial score (nSPS) is 16.6. The van der Waals surface area contributed by atoms with Gasteiger partial charge in [-0.05, 0) is 6.07 Å². The summed E-state index contributed by atoms with van der Waals surface area (Å²) in [6, 6.07) is 1.62. The molecule has 0 radical (unpaired) electrons. The molecule has 0 unspecified atom stereocenters. The van der Waals surface area contributed by atoms with E-state index in [-0.39, 0.29) is 12.5 Å². The molecule has 0 spiro atoms. The molecule has 96 valence electrons. The zero-order chi connectivity index (χ0) is 13.0. The van der Waals surface area contributed by atoms with Gasteiger partial charge >= 0.3 is 5.97 Å². The van der Waals surface area contributed by atoms with Gasteiger partial charge in [-0.25, -0.2) is 0 Å². The second kappa shape index (κ2) is 5.54. The molecule has 1 aromatic heterocycles. The number of carboxylic acid groups (broad SMARTS) is 1. The van der Waals surface area contributed by atoms with Gasteiger partial charge in [0.05, 0.1) is 24.5 Å². The first-order chi connectivity index (χ1) is 8.66. The Hall–Kier alpha value is -2.02. The summed E-state index contributed by atoms with van der Waals surface area (Å²) in [7, 11) is 0. The van der Waals surface area contributed by atoms with E-state index in [1.165, 1.54) is 12.4 Å². The molecule has 1 aromatic rings. The van der Waals surface area contributed by atoms with Crippen LogP contribution in [0.25, 0.3) is 0 Å². The van der Waals surface area contributed by atoms with E-state index >= 15 is 0 Å². The number of piperazine rings is 1. The first kappa shape index (κ1) is 12.4. The summed E-state index contributed by atoms with van der Waals surface area (Å²) in [6.07, 6.45) is 2.92. The Balaban J connectivity index is 1.90. The standard InChI is InChI=1S/C11H14N4O3/c16-10(17)8-14-3-5-15(6-4-14)11(18)9-1-2-12-13-7-9/h1-2,7H,3-6,8H2,(H,16,17). The zero-order valence-electron chi connectivity index (χ0n) is 9.82. The van der Waals surface area contributed by atoms with Crippen molar-refractivity contribution in [2.75, 3.05) is 32.7 Å². The molecule has 0 aliphatic carbocycles. The molecule has 1 fully saturated rings. The van der Waals surface area contributed by atoms with Gasteiger partial charge in [0.25, 0.3) is 5.91 Å². The van der Waals surface area contributed by atoms with E-state index in [2.05, 4.69) is 10.2 Å². The van der Waals surface area contributed by atoms with Gasteiger partial charge in [0.2, 0.25) is 0 Å². The van der Waals surface area contributed by atoms with E-state index in [1.54, 1.807) is 11.0 Å². The molecule has 2 heterocycles. The molecule has 1 saturated heterocycles. The molecular formula is C11H14N4O3. The molecule has 1 aliphatic rings. The van der Waals surface area contributed by atoms with E-state index < -0.39 is 5.97 Å². The summed E-state index contributed by atoms with van der Waals surface area (Å²) in [5.41, 5.74) is 0.511. The maximum atomic E-state index is 12.1. The number of amides is 1.